The van der Waals surface area contributed by atoms with Gasteiger partial charge in [-0.15, -0.1) is 0 Å². The Hall–Kier alpha value is -2.23. The molecule has 1 aliphatic heterocycles. The fraction of sp³-hybridized carbons (Fsp3) is 0.188. The molecule has 0 bridgehead atoms. The third-order valence-corrected chi connectivity index (χ3v) is 3.51. The molecule has 1 fully saturated rings. The van der Waals surface area contributed by atoms with Gasteiger partial charge in [-0.1, -0.05) is 30.3 Å². The van der Waals surface area contributed by atoms with Crippen molar-refractivity contribution >= 4 is 11.6 Å². The van der Waals surface area contributed by atoms with Crippen LogP contribution in [0.25, 0.3) is 11.1 Å². The van der Waals surface area contributed by atoms with E-state index in [1.165, 1.54) is 17.0 Å². The van der Waals surface area contributed by atoms with Crippen LogP contribution in [-0.4, -0.2) is 12.5 Å². The van der Waals surface area contributed by atoms with Crippen LogP contribution in [0, 0.1) is 11.6 Å². The highest BCUT2D eigenvalue weighted by Crippen LogP contribution is 2.32. The van der Waals surface area contributed by atoms with Crippen LogP contribution >= 0.6 is 0 Å². The predicted molar refractivity (Wildman–Crippen MR) is 73.4 cm³/mol. The van der Waals surface area contributed by atoms with Gasteiger partial charge in [0.05, 0.1) is 5.69 Å². The lowest BCUT2D eigenvalue weighted by atomic mass is 10.0. The topological polar surface area (TPSA) is 20.3 Å². The number of rotatable bonds is 2. The Morgan fingerprint density at radius 1 is 0.950 bits per heavy atom. The zero-order valence-corrected chi connectivity index (χ0v) is 10.8. The molecule has 20 heavy (non-hydrogen) atoms. The molecule has 0 spiro atoms. The summed E-state index contributed by atoms with van der Waals surface area (Å²) in [4.78, 5) is 12.9. The normalized spacial score (nSPS) is 14.9. The molecule has 1 saturated heterocycles. The maximum atomic E-state index is 14.2. The second kappa shape index (κ2) is 5.04. The summed E-state index contributed by atoms with van der Waals surface area (Å²) in [5, 5.41) is 0. The van der Waals surface area contributed by atoms with Crippen LogP contribution in [0.15, 0.2) is 42.5 Å². The van der Waals surface area contributed by atoms with Gasteiger partial charge in [0.1, 0.15) is 0 Å². The van der Waals surface area contributed by atoms with Crippen molar-refractivity contribution in [2.24, 2.45) is 0 Å². The Balaban J connectivity index is 2.06. The second-order valence-corrected chi connectivity index (χ2v) is 4.78. The number of amides is 1. The highest BCUT2D eigenvalue weighted by Gasteiger charge is 2.26. The van der Waals surface area contributed by atoms with Crippen LogP contribution in [0.3, 0.4) is 0 Å². The molecule has 0 aromatic heterocycles. The molecule has 1 amide bonds. The van der Waals surface area contributed by atoms with Crippen LogP contribution in [0.2, 0.25) is 0 Å². The molecule has 0 N–H and O–H groups in total. The van der Waals surface area contributed by atoms with Gasteiger partial charge in [-0.05, 0) is 24.1 Å². The maximum absolute atomic E-state index is 14.2. The van der Waals surface area contributed by atoms with Gasteiger partial charge in [-0.3, -0.25) is 4.79 Å². The monoisotopic (exact) mass is 273 g/mol. The van der Waals surface area contributed by atoms with Crippen molar-refractivity contribution in [2.75, 3.05) is 11.4 Å². The van der Waals surface area contributed by atoms with E-state index in [0.717, 1.165) is 0 Å². The van der Waals surface area contributed by atoms with E-state index in [1.807, 2.05) is 6.07 Å². The first-order valence-corrected chi connectivity index (χ1v) is 6.52. The van der Waals surface area contributed by atoms with Crippen LogP contribution in [-0.2, 0) is 4.79 Å². The highest BCUT2D eigenvalue weighted by molar-refractivity contribution is 5.95. The first kappa shape index (κ1) is 12.8. The summed E-state index contributed by atoms with van der Waals surface area (Å²) < 4.78 is 28.4. The summed E-state index contributed by atoms with van der Waals surface area (Å²) in [6.07, 6.45) is 1.07. The molecule has 0 radical (unpaired) electrons. The first-order chi connectivity index (χ1) is 9.68. The molecule has 1 aliphatic rings. The van der Waals surface area contributed by atoms with E-state index < -0.39 is 11.6 Å². The minimum atomic E-state index is -0.957. The summed E-state index contributed by atoms with van der Waals surface area (Å²) in [6.45, 7) is 0.444. The Morgan fingerprint density at radius 2 is 1.70 bits per heavy atom. The third-order valence-electron chi connectivity index (χ3n) is 3.51. The van der Waals surface area contributed by atoms with Crippen molar-refractivity contribution < 1.29 is 13.6 Å². The van der Waals surface area contributed by atoms with Crippen LogP contribution < -0.4 is 4.90 Å². The lowest BCUT2D eigenvalue weighted by Gasteiger charge is -2.17. The summed E-state index contributed by atoms with van der Waals surface area (Å²) in [7, 11) is 0. The molecule has 0 aliphatic carbocycles. The van der Waals surface area contributed by atoms with E-state index in [4.69, 9.17) is 0 Å². The molecule has 0 unspecified atom stereocenters. The minimum Gasteiger partial charge on any atom is -0.310 e. The summed E-state index contributed by atoms with van der Waals surface area (Å²) in [5.74, 6) is -2.02. The summed E-state index contributed by atoms with van der Waals surface area (Å²) >= 11 is 0. The quantitative estimate of drug-likeness (QED) is 0.816. The zero-order valence-electron chi connectivity index (χ0n) is 10.8. The van der Waals surface area contributed by atoms with Gasteiger partial charge in [-0.25, -0.2) is 8.78 Å². The molecular formula is C16H13F2NO. The minimum absolute atomic E-state index is 0.0321. The fourth-order valence-electron chi connectivity index (χ4n) is 2.49. The average Bonchev–Trinajstić information content (AvgIpc) is 2.89. The molecule has 2 aromatic carbocycles. The van der Waals surface area contributed by atoms with Crippen molar-refractivity contribution in [3.63, 3.8) is 0 Å². The number of carbonyl (C=O) groups is 1. The molecule has 4 heteroatoms. The van der Waals surface area contributed by atoms with Crippen molar-refractivity contribution in [1.29, 1.82) is 0 Å². The van der Waals surface area contributed by atoms with E-state index in [1.54, 1.807) is 24.3 Å². The molecule has 3 rings (SSSR count). The summed E-state index contributed by atoms with van der Waals surface area (Å²) in [5.41, 5.74) is 0.853. The number of halogens is 2. The zero-order chi connectivity index (χ0) is 14.1. The SMILES string of the molecule is O=C1CCCN1c1ccc(-c2ccccc2)c(F)c1F. The molecule has 2 aromatic rings. The largest absolute Gasteiger partial charge is 0.310 e. The van der Waals surface area contributed by atoms with Crippen LogP contribution in [0.4, 0.5) is 14.5 Å². The van der Waals surface area contributed by atoms with Crippen molar-refractivity contribution in [2.45, 2.75) is 12.8 Å². The highest BCUT2D eigenvalue weighted by atomic mass is 19.2. The third kappa shape index (κ3) is 2.07. The van der Waals surface area contributed by atoms with Crippen LogP contribution in [0.5, 0.6) is 0 Å². The number of hydrogen-bond acceptors (Lipinski definition) is 1. The van der Waals surface area contributed by atoms with E-state index in [0.29, 0.717) is 24.9 Å². The first-order valence-electron chi connectivity index (χ1n) is 6.52. The van der Waals surface area contributed by atoms with Gasteiger partial charge in [0, 0.05) is 18.5 Å². The molecule has 2 nitrogen and oxygen atoms in total. The fourth-order valence-corrected chi connectivity index (χ4v) is 2.49. The number of nitrogens with zero attached hydrogens (tertiary/aromatic N) is 1. The second-order valence-electron chi connectivity index (χ2n) is 4.78. The van der Waals surface area contributed by atoms with Gasteiger partial charge in [0.15, 0.2) is 11.6 Å². The smallest absolute Gasteiger partial charge is 0.227 e. The Kier molecular flexibility index (Phi) is 3.22. The lowest BCUT2D eigenvalue weighted by molar-refractivity contribution is -0.117. The summed E-state index contributed by atoms with van der Waals surface area (Å²) in [6, 6.07) is 11.8. The van der Waals surface area contributed by atoms with Gasteiger partial charge in [-0.2, -0.15) is 0 Å². The number of hydrogen-bond donors (Lipinski definition) is 0. The maximum Gasteiger partial charge on any atom is 0.227 e. The molecular weight excluding hydrogens is 260 g/mol. The Bertz CT molecular complexity index is 655. The van der Waals surface area contributed by atoms with E-state index in [2.05, 4.69) is 0 Å². The number of anilines is 1. The van der Waals surface area contributed by atoms with Gasteiger partial charge in [0.2, 0.25) is 5.91 Å². The average molecular weight is 273 g/mol. The van der Waals surface area contributed by atoms with Crippen molar-refractivity contribution in [3.8, 4) is 11.1 Å². The number of benzene rings is 2. The Labute approximate surface area is 115 Å². The van der Waals surface area contributed by atoms with Gasteiger partial charge < -0.3 is 4.90 Å². The lowest BCUT2D eigenvalue weighted by Crippen LogP contribution is -2.25. The van der Waals surface area contributed by atoms with Crippen LogP contribution in [0.1, 0.15) is 12.8 Å². The number of carbonyl (C=O) groups excluding carboxylic acids is 1. The van der Waals surface area contributed by atoms with Gasteiger partial charge in [0.25, 0.3) is 0 Å². The molecule has 0 saturated carbocycles. The standard InChI is InChI=1S/C16H13F2NO/c17-15-12(11-5-2-1-3-6-11)8-9-13(16(15)18)19-10-4-7-14(19)20/h1-3,5-6,8-9H,4,7,10H2. The molecule has 102 valence electrons. The van der Waals surface area contributed by atoms with Crippen molar-refractivity contribution in [3.05, 3.63) is 54.1 Å². The van der Waals surface area contributed by atoms with E-state index in [-0.39, 0.29) is 17.2 Å². The van der Waals surface area contributed by atoms with Crippen molar-refractivity contribution in [1.82, 2.24) is 0 Å². The molecule has 0 atom stereocenters. The van der Waals surface area contributed by atoms with E-state index in [9.17, 15) is 13.6 Å². The van der Waals surface area contributed by atoms with Gasteiger partial charge >= 0.3 is 0 Å². The van der Waals surface area contributed by atoms with E-state index >= 15 is 0 Å². The predicted octanol–water partition coefficient (Wildman–Crippen LogP) is 3.76. The Morgan fingerprint density at radius 3 is 2.35 bits per heavy atom. The molecule has 1 heterocycles.